The molecule has 1 aromatic carbocycles. The van der Waals surface area contributed by atoms with Crippen LogP contribution >= 0.6 is 0 Å². The minimum atomic E-state index is -0.704. The van der Waals surface area contributed by atoms with Crippen molar-refractivity contribution in [1.82, 2.24) is 0 Å². The Labute approximate surface area is 120 Å². The lowest BCUT2D eigenvalue weighted by molar-refractivity contribution is -0.385. The number of nitro groups is 1. The van der Waals surface area contributed by atoms with Crippen molar-refractivity contribution in [3.8, 4) is 6.07 Å². The number of carbonyl (C=O) groups is 1. The van der Waals surface area contributed by atoms with Crippen LogP contribution in [0.4, 0.5) is 11.4 Å². The van der Waals surface area contributed by atoms with Crippen molar-refractivity contribution in [3.05, 3.63) is 33.9 Å². The van der Waals surface area contributed by atoms with Gasteiger partial charge < -0.3 is 14.4 Å². The maximum atomic E-state index is 11.5. The van der Waals surface area contributed by atoms with Crippen molar-refractivity contribution in [1.29, 1.82) is 5.26 Å². The molecule has 0 N–H and O–H groups in total. The quantitative estimate of drug-likeness (QED) is 0.461. The van der Waals surface area contributed by atoms with Gasteiger partial charge in [-0.05, 0) is 12.1 Å². The number of methoxy groups -OCH3 is 1. The standard InChI is InChI=1S/C13H13N3O5/c1-20-13(17)12-8-15(4-5-21-12)10-2-3-11(16(18)19)9(6-10)7-14/h2-3,6,12H,4-5,8H2,1H3. The van der Waals surface area contributed by atoms with Crippen LogP contribution in [-0.4, -0.2) is 43.8 Å². The summed E-state index contributed by atoms with van der Waals surface area (Å²) in [5, 5.41) is 19.8. The predicted octanol–water partition coefficient (Wildman–Crippen LogP) is 0.845. The van der Waals surface area contributed by atoms with Crippen molar-refractivity contribution >= 4 is 17.3 Å². The van der Waals surface area contributed by atoms with E-state index in [0.29, 0.717) is 18.8 Å². The van der Waals surface area contributed by atoms with E-state index < -0.39 is 17.0 Å². The minimum Gasteiger partial charge on any atom is -0.467 e. The lowest BCUT2D eigenvalue weighted by atomic mass is 10.1. The van der Waals surface area contributed by atoms with E-state index in [-0.39, 0.29) is 17.8 Å². The van der Waals surface area contributed by atoms with Gasteiger partial charge in [0.05, 0.1) is 25.2 Å². The highest BCUT2D eigenvalue weighted by Gasteiger charge is 2.28. The lowest BCUT2D eigenvalue weighted by Crippen LogP contribution is -2.46. The Morgan fingerprint density at radius 2 is 2.38 bits per heavy atom. The fourth-order valence-corrected chi connectivity index (χ4v) is 2.13. The highest BCUT2D eigenvalue weighted by Crippen LogP contribution is 2.25. The number of hydrogen-bond donors (Lipinski definition) is 0. The van der Waals surface area contributed by atoms with Gasteiger partial charge in [0.1, 0.15) is 11.6 Å². The van der Waals surface area contributed by atoms with Gasteiger partial charge in [-0.1, -0.05) is 0 Å². The van der Waals surface area contributed by atoms with Gasteiger partial charge in [0.2, 0.25) is 0 Å². The van der Waals surface area contributed by atoms with Crippen LogP contribution in [0.15, 0.2) is 18.2 Å². The molecule has 0 radical (unpaired) electrons. The first-order valence-electron chi connectivity index (χ1n) is 6.19. The van der Waals surface area contributed by atoms with E-state index in [9.17, 15) is 14.9 Å². The fourth-order valence-electron chi connectivity index (χ4n) is 2.13. The van der Waals surface area contributed by atoms with E-state index in [4.69, 9.17) is 10.00 Å². The number of nitrogens with zero attached hydrogens (tertiary/aromatic N) is 3. The summed E-state index contributed by atoms with van der Waals surface area (Å²) in [6.45, 7) is 1.13. The molecule has 0 aromatic heterocycles. The Bertz CT molecular complexity index is 610. The molecule has 8 nitrogen and oxygen atoms in total. The Morgan fingerprint density at radius 1 is 1.62 bits per heavy atom. The van der Waals surface area contributed by atoms with Crippen LogP contribution in [0, 0.1) is 21.4 Å². The Hall–Kier alpha value is -2.66. The second-order valence-corrected chi connectivity index (χ2v) is 4.40. The molecule has 2 rings (SSSR count). The van der Waals surface area contributed by atoms with Gasteiger partial charge in [-0.3, -0.25) is 10.1 Å². The first kappa shape index (κ1) is 14.7. The molecule has 1 atom stereocenters. The van der Waals surface area contributed by atoms with Gasteiger partial charge in [0, 0.05) is 18.3 Å². The molecule has 0 spiro atoms. The number of morpholine rings is 1. The summed E-state index contributed by atoms with van der Waals surface area (Å²) in [6.07, 6.45) is -0.704. The zero-order valence-electron chi connectivity index (χ0n) is 11.3. The number of esters is 1. The van der Waals surface area contributed by atoms with Crippen molar-refractivity contribution in [2.24, 2.45) is 0 Å². The highest BCUT2D eigenvalue weighted by molar-refractivity contribution is 5.76. The Morgan fingerprint density at radius 3 is 3.00 bits per heavy atom. The van der Waals surface area contributed by atoms with Crippen molar-refractivity contribution in [3.63, 3.8) is 0 Å². The van der Waals surface area contributed by atoms with Crippen LogP contribution in [0.5, 0.6) is 0 Å². The summed E-state index contributed by atoms with van der Waals surface area (Å²) in [5.41, 5.74) is 0.381. The van der Waals surface area contributed by atoms with E-state index in [1.54, 1.807) is 6.07 Å². The third-order valence-electron chi connectivity index (χ3n) is 3.19. The third kappa shape index (κ3) is 3.09. The number of rotatable bonds is 3. The molecule has 8 heteroatoms. The van der Waals surface area contributed by atoms with Crippen molar-refractivity contribution < 1.29 is 19.2 Å². The summed E-state index contributed by atoms with van der Waals surface area (Å²) in [5.74, 6) is -0.470. The number of anilines is 1. The van der Waals surface area contributed by atoms with Gasteiger partial charge in [-0.2, -0.15) is 5.26 Å². The monoisotopic (exact) mass is 291 g/mol. The molecule has 0 aliphatic carbocycles. The molecule has 0 saturated carbocycles. The van der Waals surface area contributed by atoms with Gasteiger partial charge >= 0.3 is 5.97 Å². The Balaban J connectivity index is 2.24. The maximum Gasteiger partial charge on any atom is 0.336 e. The number of nitro benzene ring substituents is 1. The van der Waals surface area contributed by atoms with E-state index in [1.807, 2.05) is 11.0 Å². The average Bonchev–Trinajstić information content (AvgIpc) is 2.53. The van der Waals surface area contributed by atoms with Crippen LogP contribution in [0.2, 0.25) is 0 Å². The fraction of sp³-hybridized carbons (Fsp3) is 0.385. The van der Waals surface area contributed by atoms with E-state index in [2.05, 4.69) is 4.74 Å². The molecule has 0 bridgehead atoms. The van der Waals surface area contributed by atoms with Crippen LogP contribution in [0.3, 0.4) is 0 Å². The summed E-state index contributed by atoms with van der Waals surface area (Å²) in [7, 11) is 1.28. The zero-order chi connectivity index (χ0) is 15.4. The maximum absolute atomic E-state index is 11.5. The molecule has 1 saturated heterocycles. The molecule has 1 aromatic rings. The Kier molecular flexibility index (Phi) is 4.35. The molecule has 1 aliphatic heterocycles. The molecule has 1 unspecified atom stereocenters. The first-order valence-corrected chi connectivity index (χ1v) is 6.19. The third-order valence-corrected chi connectivity index (χ3v) is 3.19. The summed E-state index contributed by atoms with van der Waals surface area (Å²) < 4.78 is 9.95. The van der Waals surface area contributed by atoms with Crippen LogP contribution in [0.1, 0.15) is 5.56 Å². The SMILES string of the molecule is COC(=O)C1CN(c2ccc([N+](=O)[O-])c(C#N)c2)CCO1. The van der Waals surface area contributed by atoms with E-state index >= 15 is 0 Å². The summed E-state index contributed by atoms with van der Waals surface area (Å²) in [4.78, 5) is 23.5. The summed E-state index contributed by atoms with van der Waals surface area (Å²) >= 11 is 0. The molecule has 1 aliphatic rings. The number of carbonyl (C=O) groups excluding carboxylic acids is 1. The van der Waals surface area contributed by atoms with Crippen LogP contribution in [-0.2, 0) is 14.3 Å². The largest absolute Gasteiger partial charge is 0.467 e. The molecule has 21 heavy (non-hydrogen) atoms. The second-order valence-electron chi connectivity index (χ2n) is 4.40. The number of nitriles is 1. The van der Waals surface area contributed by atoms with Gasteiger partial charge in [-0.15, -0.1) is 0 Å². The average molecular weight is 291 g/mol. The van der Waals surface area contributed by atoms with Gasteiger partial charge in [0.15, 0.2) is 6.10 Å². The first-order chi connectivity index (χ1) is 10.1. The predicted molar refractivity (Wildman–Crippen MR) is 71.8 cm³/mol. The highest BCUT2D eigenvalue weighted by atomic mass is 16.6. The summed E-state index contributed by atoms with van der Waals surface area (Å²) in [6, 6.07) is 6.09. The smallest absolute Gasteiger partial charge is 0.336 e. The van der Waals surface area contributed by atoms with Gasteiger partial charge in [-0.25, -0.2) is 4.79 Å². The molecule has 110 valence electrons. The van der Waals surface area contributed by atoms with E-state index in [0.717, 1.165) is 0 Å². The van der Waals surface area contributed by atoms with Crippen LogP contribution < -0.4 is 4.90 Å². The molecular weight excluding hydrogens is 278 g/mol. The van der Waals surface area contributed by atoms with Gasteiger partial charge in [0.25, 0.3) is 5.69 Å². The topological polar surface area (TPSA) is 106 Å². The lowest BCUT2D eigenvalue weighted by Gasteiger charge is -2.33. The number of hydrogen-bond acceptors (Lipinski definition) is 7. The zero-order valence-corrected chi connectivity index (χ0v) is 11.3. The van der Waals surface area contributed by atoms with Crippen molar-refractivity contribution in [2.45, 2.75) is 6.10 Å². The molecule has 0 amide bonds. The normalized spacial score (nSPS) is 17.9. The molecular formula is C13H13N3O5. The van der Waals surface area contributed by atoms with E-state index in [1.165, 1.54) is 19.2 Å². The second kappa shape index (κ2) is 6.19. The number of benzene rings is 1. The number of ether oxygens (including phenoxy) is 2. The molecule has 1 heterocycles. The molecule has 1 fully saturated rings. The van der Waals surface area contributed by atoms with Crippen molar-refractivity contribution in [2.75, 3.05) is 31.7 Å². The van der Waals surface area contributed by atoms with Crippen LogP contribution in [0.25, 0.3) is 0 Å². The minimum absolute atomic E-state index is 0.0152.